The Labute approximate surface area is 109 Å². The lowest BCUT2D eigenvalue weighted by Crippen LogP contribution is -2.21. The van der Waals surface area contributed by atoms with E-state index in [0.29, 0.717) is 12.0 Å². The third kappa shape index (κ3) is 2.16. The van der Waals surface area contributed by atoms with Gasteiger partial charge < -0.3 is 4.57 Å². The number of allylic oxidation sites excluding steroid dienone is 4. The Hall–Kier alpha value is -1.31. The second-order valence-corrected chi connectivity index (χ2v) is 5.63. The highest BCUT2D eigenvalue weighted by Crippen LogP contribution is 2.34. The van der Waals surface area contributed by atoms with Crippen molar-refractivity contribution in [3.63, 3.8) is 0 Å². The molecule has 1 saturated carbocycles. The quantitative estimate of drug-likeness (QED) is 0.775. The third-order valence-electron chi connectivity index (χ3n) is 4.52. The number of hydrogen-bond donors (Lipinski definition) is 0. The minimum Gasteiger partial charge on any atom is -0.331 e. The lowest BCUT2D eigenvalue weighted by Gasteiger charge is -2.30. The average molecular weight is 242 g/mol. The Morgan fingerprint density at radius 2 is 1.89 bits per heavy atom. The van der Waals surface area contributed by atoms with Gasteiger partial charge in [-0.25, -0.2) is 4.98 Å². The van der Waals surface area contributed by atoms with Gasteiger partial charge in [0, 0.05) is 18.4 Å². The molecule has 1 heterocycles. The van der Waals surface area contributed by atoms with Crippen LogP contribution >= 0.6 is 0 Å². The minimum atomic E-state index is 0.381. The van der Waals surface area contributed by atoms with Gasteiger partial charge >= 0.3 is 0 Å². The molecule has 2 nitrogen and oxygen atoms in total. The summed E-state index contributed by atoms with van der Waals surface area (Å²) >= 11 is 0. The molecule has 0 radical (unpaired) electrons. The van der Waals surface area contributed by atoms with Gasteiger partial charge in [0.2, 0.25) is 0 Å². The third-order valence-corrected chi connectivity index (χ3v) is 4.52. The molecule has 0 bridgehead atoms. The van der Waals surface area contributed by atoms with Gasteiger partial charge in [0.05, 0.1) is 5.92 Å². The van der Waals surface area contributed by atoms with Gasteiger partial charge in [0.25, 0.3) is 0 Å². The van der Waals surface area contributed by atoms with Gasteiger partial charge in [-0.2, -0.15) is 0 Å². The van der Waals surface area contributed by atoms with Crippen LogP contribution in [0.2, 0.25) is 0 Å². The first-order chi connectivity index (χ1) is 8.86. The van der Waals surface area contributed by atoms with Gasteiger partial charge in [0.15, 0.2) is 0 Å². The van der Waals surface area contributed by atoms with Crippen molar-refractivity contribution in [3.8, 4) is 0 Å². The van der Waals surface area contributed by atoms with Crippen molar-refractivity contribution < 1.29 is 0 Å². The van der Waals surface area contributed by atoms with Gasteiger partial charge in [-0.15, -0.1) is 0 Å². The summed E-state index contributed by atoms with van der Waals surface area (Å²) in [5.74, 6) is 2.42. The first-order valence-electron chi connectivity index (χ1n) is 7.24. The summed E-state index contributed by atoms with van der Waals surface area (Å²) in [6.07, 6.45) is 19.8. The minimum absolute atomic E-state index is 0.381. The number of aromatic nitrogens is 2. The predicted molar refractivity (Wildman–Crippen MR) is 74.5 cm³/mol. The molecule has 3 rings (SSSR count). The van der Waals surface area contributed by atoms with Crippen molar-refractivity contribution in [1.82, 2.24) is 9.55 Å². The number of hydrogen-bond acceptors (Lipinski definition) is 1. The summed E-state index contributed by atoms with van der Waals surface area (Å²) in [4.78, 5) is 4.57. The second kappa shape index (κ2) is 5.13. The standard InChI is InChI=1S/C16H22N2/c1-13(14-7-3-2-4-8-14)18-12-11-17-16(18)15-9-5-6-10-15/h5-6,9-15H,2-4,7-8H2,1H3/t13-/m0/s1. The van der Waals surface area contributed by atoms with Crippen LogP contribution in [0.5, 0.6) is 0 Å². The fraction of sp³-hybridized carbons (Fsp3) is 0.562. The summed E-state index contributed by atoms with van der Waals surface area (Å²) < 4.78 is 2.40. The van der Waals surface area contributed by atoms with Gasteiger partial charge in [-0.05, 0) is 25.7 Å². The van der Waals surface area contributed by atoms with Crippen LogP contribution in [0.1, 0.15) is 56.8 Å². The molecule has 1 aromatic heterocycles. The van der Waals surface area contributed by atoms with E-state index in [1.165, 1.54) is 37.9 Å². The summed E-state index contributed by atoms with van der Waals surface area (Å²) in [5, 5.41) is 0. The monoisotopic (exact) mass is 242 g/mol. The van der Waals surface area contributed by atoms with Crippen molar-refractivity contribution in [2.45, 2.75) is 51.0 Å². The zero-order chi connectivity index (χ0) is 12.4. The maximum atomic E-state index is 4.57. The van der Waals surface area contributed by atoms with E-state index in [4.69, 9.17) is 0 Å². The molecule has 1 atom stereocenters. The Kier molecular flexibility index (Phi) is 3.35. The molecule has 18 heavy (non-hydrogen) atoms. The van der Waals surface area contributed by atoms with Crippen molar-refractivity contribution in [1.29, 1.82) is 0 Å². The van der Waals surface area contributed by atoms with E-state index in [-0.39, 0.29) is 0 Å². The molecule has 1 aromatic rings. The summed E-state index contributed by atoms with van der Waals surface area (Å²) in [6.45, 7) is 2.36. The smallest absolute Gasteiger partial charge is 0.119 e. The summed E-state index contributed by atoms with van der Waals surface area (Å²) in [5.41, 5.74) is 0. The molecule has 1 fully saturated rings. The van der Waals surface area contributed by atoms with Crippen LogP contribution in [0, 0.1) is 5.92 Å². The molecule has 0 saturated heterocycles. The Balaban J connectivity index is 1.80. The maximum Gasteiger partial charge on any atom is 0.119 e. The topological polar surface area (TPSA) is 17.8 Å². The molecule has 96 valence electrons. The Morgan fingerprint density at radius 1 is 1.17 bits per heavy atom. The van der Waals surface area contributed by atoms with Crippen molar-refractivity contribution >= 4 is 0 Å². The lowest BCUT2D eigenvalue weighted by molar-refractivity contribution is 0.260. The highest BCUT2D eigenvalue weighted by molar-refractivity contribution is 5.28. The molecule has 2 aliphatic rings. The highest BCUT2D eigenvalue weighted by atomic mass is 15.1. The first kappa shape index (κ1) is 11.8. The SMILES string of the molecule is C[C@@H](C1CCCCC1)n1ccnc1C1C=CC=C1. The van der Waals surface area contributed by atoms with Crippen LogP contribution in [0.4, 0.5) is 0 Å². The van der Waals surface area contributed by atoms with E-state index in [1.807, 2.05) is 6.20 Å². The van der Waals surface area contributed by atoms with Gasteiger partial charge in [0.1, 0.15) is 5.82 Å². The van der Waals surface area contributed by atoms with Crippen LogP contribution in [0.15, 0.2) is 36.7 Å². The molecular weight excluding hydrogens is 220 g/mol. The first-order valence-corrected chi connectivity index (χ1v) is 7.24. The highest BCUT2D eigenvalue weighted by Gasteiger charge is 2.24. The lowest BCUT2D eigenvalue weighted by atomic mass is 9.84. The average Bonchev–Trinajstić information content (AvgIpc) is 3.09. The van der Waals surface area contributed by atoms with Crippen LogP contribution in [0.25, 0.3) is 0 Å². The van der Waals surface area contributed by atoms with Crippen LogP contribution in [-0.4, -0.2) is 9.55 Å². The molecule has 0 aromatic carbocycles. The maximum absolute atomic E-state index is 4.57. The van der Waals surface area contributed by atoms with E-state index in [1.54, 1.807) is 0 Å². The van der Waals surface area contributed by atoms with E-state index in [2.05, 4.69) is 47.0 Å². The van der Waals surface area contributed by atoms with E-state index in [0.717, 1.165) is 5.92 Å². The van der Waals surface area contributed by atoms with E-state index in [9.17, 15) is 0 Å². The molecule has 0 unspecified atom stereocenters. The zero-order valence-electron chi connectivity index (χ0n) is 11.1. The van der Waals surface area contributed by atoms with E-state index >= 15 is 0 Å². The number of imidazole rings is 1. The molecule has 0 N–H and O–H groups in total. The van der Waals surface area contributed by atoms with Gasteiger partial charge in [-0.3, -0.25) is 0 Å². The molecule has 2 heteroatoms. The fourth-order valence-corrected chi connectivity index (χ4v) is 3.37. The Morgan fingerprint density at radius 3 is 2.61 bits per heavy atom. The Bertz CT molecular complexity index is 437. The fourth-order valence-electron chi connectivity index (χ4n) is 3.37. The molecular formula is C16H22N2. The largest absolute Gasteiger partial charge is 0.331 e. The predicted octanol–water partition coefficient (Wildman–Crippen LogP) is 4.23. The molecule has 0 spiro atoms. The molecule has 0 amide bonds. The number of rotatable bonds is 3. The second-order valence-electron chi connectivity index (χ2n) is 5.63. The van der Waals surface area contributed by atoms with Crippen molar-refractivity contribution in [2.24, 2.45) is 5.92 Å². The summed E-state index contributed by atoms with van der Waals surface area (Å²) in [6, 6.07) is 0.588. The van der Waals surface area contributed by atoms with Crippen LogP contribution in [0.3, 0.4) is 0 Å². The zero-order valence-corrected chi connectivity index (χ0v) is 11.1. The number of nitrogens with zero attached hydrogens (tertiary/aromatic N) is 2. The normalized spacial score (nSPS) is 22.7. The van der Waals surface area contributed by atoms with Crippen molar-refractivity contribution in [2.75, 3.05) is 0 Å². The van der Waals surface area contributed by atoms with Crippen LogP contribution < -0.4 is 0 Å². The van der Waals surface area contributed by atoms with E-state index < -0.39 is 0 Å². The van der Waals surface area contributed by atoms with Gasteiger partial charge in [-0.1, -0.05) is 43.6 Å². The molecule has 2 aliphatic carbocycles. The van der Waals surface area contributed by atoms with Crippen LogP contribution in [-0.2, 0) is 0 Å². The molecule has 0 aliphatic heterocycles. The van der Waals surface area contributed by atoms with Crippen molar-refractivity contribution in [3.05, 3.63) is 42.5 Å². The summed E-state index contributed by atoms with van der Waals surface area (Å²) in [7, 11) is 0.